The van der Waals surface area contributed by atoms with Crippen LogP contribution < -0.4 is 5.32 Å². The Bertz CT molecular complexity index is 1030. The summed E-state index contributed by atoms with van der Waals surface area (Å²) in [5.74, 6) is -0.858. The van der Waals surface area contributed by atoms with E-state index in [1.807, 2.05) is 29.6 Å². The number of aliphatic carboxylic acids is 1. The van der Waals surface area contributed by atoms with Crippen molar-refractivity contribution in [2.45, 2.75) is 29.4 Å². The van der Waals surface area contributed by atoms with Crippen LogP contribution in [0.5, 0.6) is 0 Å². The van der Waals surface area contributed by atoms with Gasteiger partial charge in [0.25, 0.3) is 5.69 Å². The molecule has 1 heterocycles. The smallest absolute Gasteiger partial charge is 0.319 e. The Balaban J connectivity index is 1.52. The SMILES string of the molecule is CC(C)(Sc1nc(CCNc2ccc(-c3ccc([N+](=O)[O-])cc3)cc2)cs1)C(=O)O. The molecule has 9 heteroatoms. The van der Waals surface area contributed by atoms with E-state index >= 15 is 0 Å². The number of carboxylic acids is 1. The molecule has 0 amide bonds. The van der Waals surface area contributed by atoms with Gasteiger partial charge in [-0.1, -0.05) is 23.9 Å². The molecule has 7 nitrogen and oxygen atoms in total. The molecule has 0 aliphatic heterocycles. The summed E-state index contributed by atoms with van der Waals surface area (Å²) in [6.07, 6.45) is 0.731. The van der Waals surface area contributed by atoms with Crippen LogP contribution in [0.1, 0.15) is 19.5 Å². The number of rotatable bonds is 9. The maximum absolute atomic E-state index is 11.2. The van der Waals surface area contributed by atoms with Gasteiger partial charge in [0.15, 0.2) is 4.34 Å². The monoisotopic (exact) mass is 443 g/mol. The number of hydrogen-bond acceptors (Lipinski definition) is 7. The molecular formula is C21H21N3O4S2. The lowest BCUT2D eigenvalue weighted by molar-refractivity contribution is -0.384. The Morgan fingerprint density at radius 3 is 2.33 bits per heavy atom. The predicted molar refractivity (Wildman–Crippen MR) is 120 cm³/mol. The minimum Gasteiger partial charge on any atom is -0.480 e. The topological polar surface area (TPSA) is 105 Å². The highest BCUT2D eigenvalue weighted by atomic mass is 32.2. The summed E-state index contributed by atoms with van der Waals surface area (Å²) >= 11 is 2.72. The van der Waals surface area contributed by atoms with Gasteiger partial charge in [-0.15, -0.1) is 11.3 Å². The van der Waals surface area contributed by atoms with E-state index in [9.17, 15) is 20.0 Å². The predicted octanol–water partition coefficient (Wildman–Crippen LogP) is 5.33. The molecule has 0 bridgehead atoms. The van der Waals surface area contributed by atoms with E-state index in [1.165, 1.54) is 35.2 Å². The second-order valence-corrected chi connectivity index (χ2v) is 9.81. The summed E-state index contributed by atoms with van der Waals surface area (Å²) in [5.41, 5.74) is 3.88. The van der Waals surface area contributed by atoms with Crippen molar-refractivity contribution >= 4 is 40.4 Å². The highest BCUT2D eigenvalue weighted by Gasteiger charge is 2.29. The summed E-state index contributed by atoms with van der Waals surface area (Å²) in [6, 6.07) is 14.3. The van der Waals surface area contributed by atoms with Crippen LogP contribution in [0.25, 0.3) is 11.1 Å². The van der Waals surface area contributed by atoms with Crippen LogP contribution in [0.3, 0.4) is 0 Å². The zero-order chi connectivity index (χ0) is 21.7. The quantitative estimate of drug-likeness (QED) is 0.262. The van der Waals surface area contributed by atoms with E-state index in [2.05, 4.69) is 10.3 Å². The van der Waals surface area contributed by atoms with Crippen LogP contribution in [-0.4, -0.2) is 32.3 Å². The zero-order valence-electron chi connectivity index (χ0n) is 16.5. The molecule has 0 saturated carbocycles. The van der Waals surface area contributed by atoms with Gasteiger partial charge in [-0.2, -0.15) is 0 Å². The van der Waals surface area contributed by atoms with E-state index in [0.717, 1.165) is 33.3 Å². The number of benzene rings is 2. The summed E-state index contributed by atoms with van der Waals surface area (Å²) < 4.78 is -0.149. The second-order valence-electron chi connectivity index (χ2n) is 7.08. The molecule has 0 unspecified atom stereocenters. The lowest BCUT2D eigenvalue weighted by Gasteiger charge is -2.15. The highest BCUT2D eigenvalue weighted by Crippen LogP contribution is 2.34. The van der Waals surface area contributed by atoms with Crippen molar-refractivity contribution in [3.8, 4) is 11.1 Å². The Morgan fingerprint density at radius 2 is 1.77 bits per heavy atom. The van der Waals surface area contributed by atoms with Crippen LogP contribution >= 0.6 is 23.1 Å². The minimum atomic E-state index is -0.904. The lowest BCUT2D eigenvalue weighted by Crippen LogP contribution is -2.26. The normalized spacial score (nSPS) is 11.3. The van der Waals surface area contributed by atoms with Crippen molar-refractivity contribution in [3.05, 3.63) is 69.7 Å². The average Bonchev–Trinajstić information content (AvgIpc) is 3.15. The van der Waals surface area contributed by atoms with Gasteiger partial charge < -0.3 is 10.4 Å². The van der Waals surface area contributed by atoms with E-state index in [1.54, 1.807) is 26.0 Å². The summed E-state index contributed by atoms with van der Waals surface area (Å²) in [5, 5.41) is 25.3. The molecule has 156 valence electrons. The number of aromatic nitrogens is 1. The van der Waals surface area contributed by atoms with Crippen molar-refractivity contribution in [1.29, 1.82) is 0 Å². The Morgan fingerprint density at radius 1 is 1.17 bits per heavy atom. The first-order chi connectivity index (χ1) is 14.2. The first-order valence-corrected chi connectivity index (χ1v) is 10.9. The largest absolute Gasteiger partial charge is 0.480 e. The molecule has 3 aromatic rings. The Labute approximate surface area is 182 Å². The molecule has 0 aliphatic carbocycles. The van der Waals surface area contributed by atoms with E-state index in [0.29, 0.717) is 6.54 Å². The van der Waals surface area contributed by atoms with Crippen molar-refractivity contribution in [1.82, 2.24) is 4.98 Å². The lowest BCUT2D eigenvalue weighted by atomic mass is 10.1. The van der Waals surface area contributed by atoms with Crippen molar-refractivity contribution in [2.24, 2.45) is 0 Å². The van der Waals surface area contributed by atoms with Crippen LogP contribution in [0.4, 0.5) is 11.4 Å². The molecule has 0 aliphatic rings. The van der Waals surface area contributed by atoms with Crippen LogP contribution in [0.2, 0.25) is 0 Å². The fraction of sp³-hybridized carbons (Fsp3) is 0.238. The summed E-state index contributed by atoms with van der Waals surface area (Å²) in [4.78, 5) is 26.1. The molecule has 3 rings (SSSR count). The van der Waals surface area contributed by atoms with E-state index in [4.69, 9.17) is 0 Å². The van der Waals surface area contributed by atoms with Crippen molar-refractivity contribution in [3.63, 3.8) is 0 Å². The van der Waals surface area contributed by atoms with Gasteiger partial charge in [0.2, 0.25) is 0 Å². The van der Waals surface area contributed by atoms with E-state index < -0.39 is 15.6 Å². The standard InChI is InChI=1S/C21H21N3O4S2/c1-21(2,19(25)26)30-20-23-17(13-29-20)11-12-22-16-7-3-14(4-8-16)15-5-9-18(10-6-15)24(27)28/h3-10,13,22H,11-12H2,1-2H3,(H,25,26). The summed E-state index contributed by atoms with van der Waals surface area (Å²) in [7, 11) is 0. The van der Waals surface area contributed by atoms with Crippen LogP contribution in [0.15, 0.2) is 58.3 Å². The number of anilines is 1. The number of thiazole rings is 1. The molecule has 2 N–H and O–H groups in total. The summed E-state index contributed by atoms with van der Waals surface area (Å²) in [6.45, 7) is 4.04. The third kappa shape index (κ3) is 5.58. The number of nitro benzene ring substituents is 1. The van der Waals surface area contributed by atoms with Gasteiger partial charge in [-0.05, 0) is 49.2 Å². The average molecular weight is 444 g/mol. The first kappa shape index (κ1) is 21.8. The third-order valence-corrected chi connectivity index (χ3v) is 6.57. The van der Waals surface area contributed by atoms with Gasteiger partial charge in [0.1, 0.15) is 4.75 Å². The fourth-order valence-corrected chi connectivity index (χ4v) is 4.83. The molecule has 2 aromatic carbocycles. The van der Waals surface area contributed by atoms with Crippen LogP contribution in [0, 0.1) is 10.1 Å². The molecule has 0 atom stereocenters. The molecule has 0 radical (unpaired) electrons. The zero-order valence-corrected chi connectivity index (χ0v) is 18.1. The van der Waals surface area contributed by atoms with E-state index in [-0.39, 0.29) is 5.69 Å². The molecule has 0 fully saturated rings. The highest BCUT2D eigenvalue weighted by molar-refractivity contribution is 8.02. The number of nitro groups is 1. The number of thioether (sulfide) groups is 1. The number of carbonyl (C=O) groups is 1. The van der Waals surface area contributed by atoms with Gasteiger partial charge in [-0.25, -0.2) is 4.98 Å². The number of hydrogen-bond donors (Lipinski definition) is 2. The van der Waals surface area contributed by atoms with Crippen molar-refractivity contribution < 1.29 is 14.8 Å². The first-order valence-electron chi connectivity index (χ1n) is 9.20. The molecule has 0 spiro atoms. The maximum Gasteiger partial charge on any atom is 0.319 e. The Kier molecular flexibility index (Phi) is 6.73. The van der Waals surface area contributed by atoms with Crippen LogP contribution in [-0.2, 0) is 11.2 Å². The van der Waals surface area contributed by atoms with Gasteiger partial charge in [-0.3, -0.25) is 14.9 Å². The molecule has 0 saturated heterocycles. The van der Waals surface area contributed by atoms with Gasteiger partial charge >= 0.3 is 5.97 Å². The minimum absolute atomic E-state index is 0.0761. The third-order valence-electron chi connectivity index (χ3n) is 4.39. The Hall–Kier alpha value is -2.91. The van der Waals surface area contributed by atoms with Crippen molar-refractivity contribution in [2.75, 3.05) is 11.9 Å². The number of nitrogens with zero attached hydrogens (tertiary/aromatic N) is 2. The number of nitrogens with one attached hydrogen (secondary N) is 1. The second kappa shape index (κ2) is 9.27. The molecule has 1 aromatic heterocycles. The number of non-ortho nitro benzene ring substituents is 1. The van der Waals surface area contributed by atoms with Gasteiger partial charge in [0.05, 0.1) is 10.6 Å². The van der Waals surface area contributed by atoms with Gasteiger partial charge in [0, 0.05) is 36.2 Å². The maximum atomic E-state index is 11.2. The fourth-order valence-electron chi connectivity index (χ4n) is 2.60. The molecular weight excluding hydrogens is 422 g/mol. The number of carboxylic acid groups (broad SMARTS) is 1. The molecule has 30 heavy (non-hydrogen) atoms.